The smallest absolute Gasteiger partial charge is 0.498 e. The monoisotopic (exact) mass is 275 g/mol. The highest BCUT2D eigenvalue weighted by molar-refractivity contribution is 6.55. The Hall–Kier alpha value is -2.08. The quantitative estimate of drug-likeness (QED) is 0.530. The Morgan fingerprint density at radius 2 is 2.05 bits per heavy atom. The van der Waals surface area contributed by atoms with Gasteiger partial charge in [0, 0.05) is 0 Å². The molecule has 0 aromatic heterocycles. The molecule has 0 unspecified atom stereocenters. The number of hydrogen-bond donors (Lipinski definition) is 0. The van der Waals surface area contributed by atoms with Crippen molar-refractivity contribution in [2.75, 3.05) is 20.1 Å². The molecule has 0 atom stereocenters. The van der Waals surface area contributed by atoms with Crippen LogP contribution in [0.3, 0.4) is 0 Å². The predicted molar refractivity (Wildman–Crippen MR) is 77.6 cm³/mol. The van der Waals surface area contributed by atoms with Gasteiger partial charge in [0.1, 0.15) is 0 Å². The molecule has 5 nitrogen and oxygen atoms in total. The summed E-state index contributed by atoms with van der Waals surface area (Å²) in [6.45, 7) is 3.07. The molecule has 0 amide bonds. The normalized spacial score (nSPS) is 10.6. The summed E-state index contributed by atoms with van der Waals surface area (Å²) >= 11 is 0. The third kappa shape index (κ3) is 6.20. The van der Waals surface area contributed by atoms with Gasteiger partial charge in [-0.05, 0) is 25.1 Å². The lowest BCUT2D eigenvalue weighted by Gasteiger charge is -2.14. The van der Waals surface area contributed by atoms with Crippen molar-refractivity contribution in [1.29, 1.82) is 0 Å². The minimum Gasteiger partial charge on any atom is -0.498 e. The molecule has 6 heteroatoms. The average molecular weight is 275 g/mol. The first kappa shape index (κ1) is 16.0. The number of carbonyl (C=O) groups excluding carboxylic acids is 2. The van der Waals surface area contributed by atoms with Crippen molar-refractivity contribution in [2.24, 2.45) is 0 Å². The van der Waals surface area contributed by atoms with Gasteiger partial charge in [0.2, 0.25) is 0 Å². The van der Waals surface area contributed by atoms with E-state index in [0.717, 1.165) is 12.1 Å². The standard InChI is InChI=1S/C14H18BNO4/c1-3-16(2)11-14(18)20-15(19-12-17)10-9-13-7-5-4-6-8-13/h4-10,12H,3,11H2,1-2H3/b10-9+. The van der Waals surface area contributed by atoms with Crippen LogP contribution in [-0.4, -0.2) is 44.6 Å². The van der Waals surface area contributed by atoms with Crippen LogP contribution in [-0.2, 0) is 18.9 Å². The lowest BCUT2D eigenvalue weighted by Crippen LogP contribution is -2.32. The zero-order chi connectivity index (χ0) is 14.8. The second kappa shape index (κ2) is 8.93. The Morgan fingerprint density at radius 1 is 1.35 bits per heavy atom. The van der Waals surface area contributed by atoms with E-state index >= 15 is 0 Å². The van der Waals surface area contributed by atoms with Gasteiger partial charge >= 0.3 is 13.1 Å². The van der Waals surface area contributed by atoms with Gasteiger partial charge in [0.25, 0.3) is 6.47 Å². The molecule has 0 aliphatic carbocycles. The highest BCUT2D eigenvalue weighted by atomic mass is 16.6. The zero-order valence-corrected chi connectivity index (χ0v) is 11.7. The molecule has 20 heavy (non-hydrogen) atoms. The Balaban J connectivity index is 2.58. The van der Waals surface area contributed by atoms with Crippen LogP contribution in [0, 0.1) is 0 Å². The van der Waals surface area contributed by atoms with Gasteiger partial charge in [-0.15, -0.1) is 0 Å². The Labute approximate surface area is 119 Å². The van der Waals surface area contributed by atoms with Crippen LogP contribution in [0.4, 0.5) is 0 Å². The van der Waals surface area contributed by atoms with E-state index in [1.807, 2.05) is 37.3 Å². The van der Waals surface area contributed by atoms with Gasteiger partial charge in [0.05, 0.1) is 6.54 Å². The topological polar surface area (TPSA) is 55.8 Å². The molecule has 0 aliphatic heterocycles. The number of nitrogens with zero attached hydrogens (tertiary/aromatic N) is 1. The first-order valence-electron chi connectivity index (χ1n) is 6.36. The number of carbonyl (C=O) groups is 2. The van der Waals surface area contributed by atoms with Crippen LogP contribution < -0.4 is 0 Å². The van der Waals surface area contributed by atoms with E-state index in [9.17, 15) is 9.59 Å². The molecule has 0 fully saturated rings. The summed E-state index contributed by atoms with van der Waals surface area (Å²) in [4.78, 5) is 23.8. The maximum absolute atomic E-state index is 11.6. The molecule has 0 radical (unpaired) electrons. The highest BCUT2D eigenvalue weighted by Crippen LogP contribution is 2.03. The Kier molecular flexibility index (Phi) is 7.13. The number of benzene rings is 1. The summed E-state index contributed by atoms with van der Waals surface area (Å²) in [5.74, 6) is 1.08. The van der Waals surface area contributed by atoms with E-state index in [-0.39, 0.29) is 13.0 Å². The largest absolute Gasteiger partial charge is 0.628 e. The van der Waals surface area contributed by atoms with Gasteiger partial charge in [-0.3, -0.25) is 14.5 Å². The summed E-state index contributed by atoms with van der Waals surface area (Å²) in [7, 11) is 0.793. The third-order valence-corrected chi connectivity index (χ3v) is 2.62. The van der Waals surface area contributed by atoms with Crippen LogP contribution in [0.5, 0.6) is 0 Å². The molecule has 0 heterocycles. The first-order chi connectivity index (χ1) is 9.65. The van der Waals surface area contributed by atoms with Crippen molar-refractivity contribution < 1.29 is 18.9 Å². The third-order valence-electron chi connectivity index (χ3n) is 2.62. The summed E-state index contributed by atoms with van der Waals surface area (Å²) < 4.78 is 9.78. The second-order valence-corrected chi connectivity index (χ2v) is 4.19. The van der Waals surface area contributed by atoms with Crippen molar-refractivity contribution in [3.8, 4) is 0 Å². The Morgan fingerprint density at radius 3 is 2.65 bits per heavy atom. The van der Waals surface area contributed by atoms with Crippen molar-refractivity contribution in [1.82, 2.24) is 4.90 Å². The van der Waals surface area contributed by atoms with Crippen LogP contribution in [0.25, 0.3) is 6.08 Å². The highest BCUT2D eigenvalue weighted by Gasteiger charge is 2.21. The van der Waals surface area contributed by atoms with Crippen LogP contribution >= 0.6 is 0 Å². The van der Waals surface area contributed by atoms with E-state index in [2.05, 4.69) is 0 Å². The average Bonchev–Trinajstić information content (AvgIpc) is 2.46. The first-order valence-corrected chi connectivity index (χ1v) is 6.36. The summed E-state index contributed by atoms with van der Waals surface area (Å²) in [6.07, 6.45) is 1.73. The van der Waals surface area contributed by atoms with Crippen LogP contribution in [0.1, 0.15) is 12.5 Å². The summed E-state index contributed by atoms with van der Waals surface area (Å²) in [5.41, 5.74) is 0.925. The molecule has 0 N–H and O–H groups in total. The predicted octanol–water partition coefficient (Wildman–Crippen LogP) is 1.40. The molecule has 0 aliphatic rings. The van der Waals surface area contributed by atoms with Crippen LogP contribution in [0.15, 0.2) is 36.3 Å². The molecule has 0 bridgehead atoms. The van der Waals surface area contributed by atoms with Gasteiger partial charge in [-0.25, -0.2) is 0 Å². The van der Waals surface area contributed by atoms with Gasteiger partial charge in [0.15, 0.2) is 0 Å². The van der Waals surface area contributed by atoms with E-state index in [1.54, 1.807) is 18.0 Å². The molecule has 0 saturated carbocycles. The van der Waals surface area contributed by atoms with E-state index in [1.165, 1.54) is 5.98 Å². The molecular formula is C14H18BNO4. The van der Waals surface area contributed by atoms with Crippen LogP contribution in [0.2, 0.25) is 0 Å². The fourth-order valence-corrected chi connectivity index (χ4v) is 1.42. The van der Waals surface area contributed by atoms with E-state index in [0.29, 0.717) is 0 Å². The fraction of sp³-hybridized carbons (Fsp3) is 0.286. The van der Waals surface area contributed by atoms with Gasteiger partial charge in [-0.1, -0.05) is 43.3 Å². The number of hydrogen-bond acceptors (Lipinski definition) is 5. The molecule has 1 aromatic rings. The maximum Gasteiger partial charge on any atom is 0.628 e. The molecule has 106 valence electrons. The maximum atomic E-state index is 11.6. The molecular weight excluding hydrogens is 257 g/mol. The molecule has 1 aromatic carbocycles. The minimum atomic E-state index is -1.01. The van der Waals surface area contributed by atoms with Crippen molar-refractivity contribution in [2.45, 2.75) is 6.92 Å². The zero-order valence-electron chi connectivity index (χ0n) is 11.7. The van der Waals surface area contributed by atoms with Crippen molar-refractivity contribution in [3.63, 3.8) is 0 Å². The number of rotatable bonds is 8. The van der Waals surface area contributed by atoms with Gasteiger partial charge < -0.3 is 9.31 Å². The molecule has 0 spiro atoms. The minimum absolute atomic E-state index is 0.147. The second-order valence-electron chi connectivity index (χ2n) is 4.19. The fourth-order valence-electron chi connectivity index (χ4n) is 1.42. The van der Waals surface area contributed by atoms with E-state index < -0.39 is 13.1 Å². The lowest BCUT2D eigenvalue weighted by molar-refractivity contribution is -0.137. The number of likely N-dealkylation sites (N-methyl/N-ethyl adjacent to an activating group) is 1. The van der Waals surface area contributed by atoms with Crippen molar-refractivity contribution >= 4 is 25.6 Å². The molecule has 0 saturated heterocycles. The molecule has 1 rings (SSSR count). The van der Waals surface area contributed by atoms with Gasteiger partial charge in [-0.2, -0.15) is 0 Å². The van der Waals surface area contributed by atoms with Crippen molar-refractivity contribution in [3.05, 3.63) is 41.9 Å². The Bertz CT molecular complexity index is 450. The SMILES string of the molecule is CCN(C)CC(=O)OB(/C=C/c1ccccc1)OC=O. The lowest BCUT2D eigenvalue weighted by atomic mass is 9.88. The summed E-state index contributed by atoms with van der Waals surface area (Å²) in [6, 6.07) is 9.45. The van der Waals surface area contributed by atoms with E-state index in [4.69, 9.17) is 9.31 Å². The summed E-state index contributed by atoms with van der Waals surface area (Å²) in [5, 5.41) is 0.